The Labute approximate surface area is 355 Å². The summed E-state index contributed by atoms with van der Waals surface area (Å²) >= 11 is 0. The number of likely N-dealkylation sites (N-methyl/N-ethyl adjacent to an activating group) is 1. The van der Waals surface area contributed by atoms with E-state index in [9.17, 15) is 19.0 Å². The monoisotopic (exact) mass is 834 g/mol. The number of unbranched alkanes of at least 4 members (excludes halogenated alkanes) is 14. The van der Waals surface area contributed by atoms with E-state index in [-0.39, 0.29) is 26.1 Å². The third-order valence-electron chi connectivity index (χ3n) is 9.21. The molecule has 0 radical (unpaired) electrons. The van der Waals surface area contributed by atoms with Crippen LogP contribution in [0.2, 0.25) is 0 Å². The molecule has 0 saturated carbocycles. The molecule has 0 amide bonds. The molecule has 58 heavy (non-hydrogen) atoms. The van der Waals surface area contributed by atoms with Crippen molar-refractivity contribution < 1.29 is 42.1 Å². The number of esters is 2. The minimum Gasteiger partial charge on any atom is -0.756 e. The van der Waals surface area contributed by atoms with Gasteiger partial charge in [0, 0.05) is 12.8 Å². The fourth-order valence-electron chi connectivity index (χ4n) is 5.67. The van der Waals surface area contributed by atoms with Crippen LogP contribution in [0.15, 0.2) is 72.9 Å². The molecule has 0 heterocycles. The van der Waals surface area contributed by atoms with Crippen molar-refractivity contribution in [3.63, 3.8) is 0 Å². The highest BCUT2D eigenvalue weighted by molar-refractivity contribution is 7.45. The third kappa shape index (κ3) is 43.0. The lowest BCUT2D eigenvalue weighted by Crippen LogP contribution is -2.37. The zero-order valence-corrected chi connectivity index (χ0v) is 38.4. The van der Waals surface area contributed by atoms with E-state index in [0.717, 1.165) is 77.0 Å². The van der Waals surface area contributed by atoms with Crippen LogP contribution in [0.25, 0.3) is 0 Å². The van der Waals surface area contributed by atoms with Crippen LogP contribution in [0.3, 0.4) is 0 Å². The van der Waals surface area contributed by atoms with Gasteiger partial charge in [0.05, 0.1) is 27.7 Å². The molecule has 2 atom stereocenters. The number of phosphoric ester groups is 1. The van der Waals surface area contributed by atoms with Crippen molar-refractivity contribution in [2.24, 2.45) is 0 Å². The number of allylic oxidation sites excluding steroid dienone is 12. The number of hydrogen-bond acceptors (Lipinski definition) is 8. The number of nitrogens with zero attached hydrogens (tertiary/aromatic N) is 1. The zero-order valence-electron chi connectivity index (χ0n) is 37.5. The Morgan fingerprint density at radius 2 is 0.983 bits per heavy atom. The Kier molecular flexibility index (Phi) is 38.1. The maximum atomic E-state index is 12.7. The Balaban J connectivity index is 4.39. The molecule has 2 unspecified atom stereocenters. The lowest BCUT2D eigenvalue weighted by Gasteiger charge is -2.28. The van der Waals surface area contributed by atoms with Crippen molar-refractivity contribution in [1.29, 1.82) is 0 Å². The Morgan fingerprint density at radius 3 is 1.50 bits per heavy atom. The summed E-state index contributed by atoms with van der Waals surface area (Å²) in [6.45, 7) is 4.02. The Morgan fingerprint density at radius 1 is 0.552 bits per heavy atom. The smallest absolute Gasteiger partial charge is 0.306 e. The lowest BCUT2D eigenvalue weighted by atomic mass is 10.1. The molecular weight excluding hydrogens is 750 g/mol. The molecule has 0 fully saturated rings. The van der Waals surface area contributed by atoms with Crippen LogP contribution < -0.4 is 4.89 Å². The van der Waals surface area contributed by atoms with Gasteiger partial charge in [-0.3, -0.25) is 14.2 Å². The number of rotatable bonds is 40. The molecule has 0 saturated heterocycles. The summed E-state index contributed by atoms with van der Waals surface area (Å²) < 4.78 is 33.9. The van der Waals surface area contributed by atoms with Crippen LogP contribution in [-0.2, 0) is 32.7 Å². The molecular formula is C48H84NO8P. The summed E-state index contributed by atoms with van der Waals surface area (Å²) in [6.07, 6.45) is 49.3. The van der Waals surface area contributed by atoms with Crippen LogP contribution in [0, 0.1) is 0 Å². The highest BCUT2D eigenvalue weighted by Crippen LogP contribution is 2.38. The summed E-state index contributed by atoms with van der Waals surface area (Å²) in [7, 11) is 1.12. The van der Waals surface area contributed by atoms with Crippen LogP contribution in [0.1, 0.15) is 168 Å². The van der Waals surface area contributed by atoms with E-state index in [1.165, 1.54) is 57.8 Å². The van der Waals surface area contributed by atoms with Crippen molar-refractivity contribution in [2.75, 3.05) is 47.5 Å². The molecule has 0 aromatic heterocycles. The second-order valence-corrected chi connectivity index (χ2v) is 17.4. The average molecular weight is 834 g/mol. The first-order valence-electron chi connectivity index (χ1n) is 22.6. The third-order valence-corrected chi connectivity index (χ3v) is 10.2. The van der Waals surface area contributed by atoms with Gasteiger partial charge in [0.1, 0.15) is 19.8 Å². The van der Waals surface area contributed by atoms with Gasteiger partial charge in [0.2, 0.25) is 0 Å². The van der Waals surface area contributed by atoms with Crippen LogP contribution in [0.5, 0.6) is 0 Å². The van der Waals surface area contributed by atoms with Crippen molar-refractivity contribution in [1.82, 2.24) is 0 Å². The molecule has 0 aromatic carbocycles. The van der Waals surface area contributed by atoms with E-state index in [1.807, 2.05) is 21.1 Å². The molecule has 0 aromatic rings. The van der Waals surface area contributed by atoms with Crippen LogP contribution in [-0.4, -0.2) is 70.0 Å². The minimum absolute atomic E-state index is 0.0431. The Bertz CT molecular complexity index is 1220. The van der Waals surface area contributed by atoms with E-state index in [1.54, 1.807) is 0 Å². The number of ether oxygens (including phenoxy) is 2. The fraction of sp³-hybridized carbons (Fsp3) is 0.708. The molecule has 0 N–H and O–H groups in total. The number of hydrogen-bond donors (Lipinski definition) is 0. The molecule has 0 rings (SSSR count). The predicted octanol–water partition coefficient (Wildman–Crippen LogP) is 12.4. The van der Waals surface area contributed by atoms with E-state index < -0.39 is 32.5 Å². The summed E-state index contributed by atoms with van der Waals surface area (Å²) in [6, 6.07) is 0. The van der Waals surface area contributed by atoms with Crippen molar-refractivity contribution in [2.45, 2.75) is 174 Å². The van der Waals surface area contributed by atoms with Gasteiger partial charge in [-0.1, -0.05) is 145 Å². The summed E-state index contributed by atoms with van der Waals surface area (Å²) in [5, 5.41) is 0. The van der Waals surface area contributed by atoms with Crippen molar-refractivity contribution in [3.05, 3.63) is 72.9 Å². The number of quaternary nitrogens is 1. The molecule has 0 aliphatic rings. The van der Waals surface area contributed by atoms with Gasteiger partial charge in [0.15, 0.2) is 6.10 Å². The molecule has 0 spiro atoms. The van der Waals surface area contributed by atoms with Gasteiger partial charge in [-0.05, 0) is 83.5 Å². The molecule has 10 heteroatoms. The van der Waals surface area contributed by atoms with E-state index >= 15 is 0 Å². The van der Waals surface area contributed by atoms with E-state index in [2.05, 4.69) is 86.8 Å². The van der Waals surface area contributed by atoms with Gasteiger partial charge in [0.25, 0.3) is 7.82 Å². The number of carbonyl (C=O) groups excluding carboxylic acids is 2. The quantitative estimate of drug-likeness (QED) is 0.0197. The topological polar surface area (TPSA) is 111 Å². The highest BCUT2D eigenvalue weighted by Gasteiger charge is 2.21. The van der Waals surface area contributed by atoms with E-state index in [4.69, 9.17) is 18.5 Å². The maximum Gasteiger partial charge on any atom is 0.306 e. The second kappa shape index (κ2) is 39.9. The van der Waals surface area contributed by atoms with Gasteiger partial charge in [-0.25, -0.2) is 0 Å². The highest BCUT2D eigenvalue weighted by atomic mass is 31.2. The summed E-state index contributed by atoms with van der Waals surface area (Å²) in [5.74, 6) is -0.893. The molecule has 0 bridgehead atoms. The average Bonchev–Trinajstić information content (AvgIpc) is 3.17. The SMILES string of the molecule is CC/C=C\C/C=C\C/C=C\C/C=C\CCCCC(=O)OC(COC(=O)CCCCCCCCCCC/C=C\C/C=C\CCCCC)COP(=O)([O-])OCC[N+](C)(C)C. The van der Waals surface area contributed by atoms with Crippen LogP contribution in [0.4, 0.5) is 0 Å². The zero-order chi connectivity index (χ0) is 42.8. The standard InChI is InChI=1S/C48H84NO8P/c1-6-8-10-12-14-16-18-20-22-23-24-25-27-28-30-32-34-36-38-40-47(50)54-44-46(45-56-58(52,53)55-43-42-49(3,4)5)57-48(51)41-39-37-35-33-31-29-26-21-19-17-15-13-11-9-7-2/h9,11,14-17,20-22,26,31,33,46H,6-8,10,12-13,18-19,23-25,27-30,32,34-45H2,1-5H3/b11-9-,16-14-,17-15-,22-20-,26-21-,33-31-. The lowest BCUT2D eigenvalue weighted by molar-refractivity contribution is -0.870. The van der Waals surface area contributed by atoms with E-state index in [0.29, 0.717) is 17.4 Å². The van der Waals surface area contributed by atoms with Gasteiger partial charge >= 0.3 is 11.9 Å². The van der Waals surface area contributed by atoms with Crippen LogP contribution >= 0.6 is 7.82 Å². The van der Waals surface area contributed by atoms with Crippen molar-refractivity contribution in [3.8, 4) is 0 Å². The molecule has 0 aliphatic heterocycles. The second-order valence-electron chi connectivity index (χ2n) is 16.0. The predicted molar refractivity (Wildman–Crippen MR) is 240 cm³/mol. The summed E-state index contributed by atoms with van der Waals surface area (Å²) in [5.41, 5.74) is 0. The van der Waals surface area contributed by atoms with Gasteiger partial charge < -0.3 is 27.9 Å². The molecule has 9 nitrogen and oxygen atoms in total. The first-order valence-corrected chi connectivity index (χ1v) is 24.1. The van der Waals surface area contributed by atoms with Gasteiger partial charge in [-0.2, -0.15) is 0 Å². The molecule has 0 aliphatic carbocycles. The Hall–Kier alpha value is -2.55. The maximum absolute atomic E-state index is 12.7. The van der Waals surface area contributed by atoms with Crippen molar-refractivity contribution >= 4 is 19.8 Å². The number of carbonyl (C=O) groups is 2. The summed E-state index contributed by atoms with van der Waals surface area (Å²) in [4.78, 5) is 37.5. The first kappa shape index (κ1) is 55.5. The largest absolute Gasteiger partial charge is 0.756 e. The first-order chi connectivity index (χ1) is 28.0. The van der Waals surface area contributed by atoms with Gasteiger partial charge in [-0.15, -0.1) is 0 Å². The molecule has 334 valence electrons. The normalized spacial score (nSPS) is 14.2. The number of phosphoric acid groups is 1. The fourth-order valence-corrected chi connectivity index (χ4v) is 6.40. The minimum atomic E-state index is -4.64.